The molecule has 0 heterocycles. The van der Waals surface area contributed by atoms with Crippen LogP contribution in [0.3, 0.4) is 0 Å². The topological polar surface area (TPSA) is 131 Å². The van der Waals surface area contributed by atoms with Gasteiger partial charge in [-0.1, -0.05) is 37.3 Å². The van der Waals surface area contributed by atoms with E-state index in [9.17, 15) is 14.4 Å². The maximum Gasteiger partial charge on any atom is 0.303 e. The third-order valence-corrected chi connectivity index (χ3v) is 4.53. The highest BCUT2D eigenvalue weighted by atomic mass is 16.5. The zero-order chi connectivity index (χ0) is 22.7. The molecule has 0 aliphatic rings. The van der Waals surface area contributed by atoms with Crippen molar-refractivity contribution < 1.29 is 24.2 Å². The van der Waals surface area contributed by atoms with E-state index in [1.54, 1.807) is 37.3 Å². The molecule has 0 radical (unpaired) electrons. The van der Waals surface area contributed by atoms with Crippen LogP contribution in [0.1, 0.15) is 31.7 Å². The summed E-state index contributed by atoms with van der Waals surface area (Å²) in [5.41, 5.74) is 5.55. The Morgan fingerprint density at radius 2 is 1.77 bits per heavy atom. The van der Waals surface area contributed by atoms with Gasteiger partial charge >= 0.3 is 5.97 Å². The second kappa shape index (κ2) is 11.4. The molecule has 0 bridgehead atoms. The number of rotatable bonds is 12. The fraction of sp³-hybridized carbons (Fsp3) is 0.261. The third-order valence-electron chi connectivity index (χ3n) is 4.53. The molecule has 8 nitrogen and oxygen atoms in total. The monoisotopic (exact) mass is 425 g/mol. The Bertz CT molecular complexity index is 913. The molecule has 0 spiro atoms. The molecule has 5 N–H and O–H groups in total. The minimum Gasteiger partial charge on any atom is -0.494 e. The van der Waals surface area contributed by atoms with Crippen LogP contribution in [0.4, 0.5) is 5.69 Å². The maximum absolute atomic E-state index is 12.4. The number of carbonyl (C=O) groups is 3. The van der Waals surface area contributed by atoms with Gasteiger partial charge in [0.05, 0.1) is 6.61 Å². The number of carbonyl (C=O) groups excluding carboxylic acids is 2. The molecule has 0 saturated carbocycles. The summed E-state index contributed by atoms with van der Waals surface area (Å²) in [6.45, 7) is 2.02. The quantitative estimate of drug-likeness (QED) is 0.235. The first kappa shape index (κ1) is 23.5. The number of carboxylic acids is 1. The van der Waals surface area contributed by atoms with Gasteiger partial charge < -0.3 is 26.2 Å². The number of nitrogens with two attached hydrogens (primary N) is 1. The van der Waals surface area contributed by atoms with Crippen LogP contribution in [0.2, 0.25) is 0 Å². The lowest BCUT2D eigenvalue weighted by atomic mass is 10.1. The minimum atomic E-state index is -1.47. The van der Waals surface area contributed by atoms with E-state index in [0.717, 1.165) is 5.56 Å². The second-order valence-electron chi connectivity index (χ2n) is 6.85. The van der Waals surface area contributed by atoms with Crippen molar-refractivity contribution in [2.24, 2.45) is 5.73 Å². The minimum absolute atomic E-state index is 0.0374. The molecule has 2 rings (SSSR count). The van der Waals surface area contributed by atoms with Gasteiger partial charge in [0.2, 0.25) is 5.91 Å². The summed E-state index contributed by atoms with van der Waals surface area (Å²) in [7, 11) is 0. The van der Waals surface area contributed by atoms with Gasteiger partial charge in [-0.05, 0) is 48.7 Å². The summed E-state index contributed by atoms with van der Waals surface area (Å²) in [5, 5.41) is 14.3. The van der Waals surface area contributed by atoms with Crippen molar-refractivity contribution in [2.45, 2.75) is 31.8 Å². The number of hydrogen-bond acceptors (Lipinski definition) is 5. The number of amides is 2. The van der Waals surface area contributed by atoms with Crippen molar-refractivity contribution in [2.75, 3.05) is 11.9 Å². The highest BCUT2D eigenvalue weighted by Gasteiger charge is 2.36. The van der Waals surface area contributed by atoms with Crippen LogP contribution >= 0.6 is 0 Å². The van der Waals surface area contributed by atoms with Gasteiger partial charge in [-0.3, -0.25) is 14.4 Å². The lowest BCUT2D eigenvalue weighted by molar-refractivity contribution is -0.137. The van der Waals surface area contributed by atoms with Gasteiger partial charge in [-0.15, -0.1) is 0 Å². The van der Waals surface area contributed by atoms with Gasteiger partial charge in [0.25, 0.3) is 5.91 Å². The van der Waals surface area contributed by atoms with E-state index < -0.39 is 23.4 Å². The van der Waals surface area contributed by atoms with Crippen LogP contribution in [0, 0.1) is 0 Å². The fourth-order valence-corrected chi connectivity index (χ4v) is 2.79. The van der Waals surface area contributed by atoms with Crippen LogP contribution in [0.5, 0.6) is 5.75 Å². The Balaban J connectivity index is 2.03. The van der Waals surface area contributed by atoms with Crippen molar-refractivity contribution in [3.05, 3.63) is 66.2 Å². The predicted molar refractivity (Wildman–Crippen MR) is 118 cm³/mol. The summed E-state index contributed by atoms with van der Waals surface area (Å²) in [4.78, 5) is 35.2. The SMILES string of the molecule is CCC(NC(=O)C=Cc1ccccc1)(Nc1ccc(OCCCC(=O)O)cc1)C(N)=O. The van der Waals surface area contributed by atoms with Crippen molar-refractivity contribution in [3.63, 3.8) is 0 Å². The summed E-state index contributed by atoms with van der Waals surface area (Å²) in [6.07, 6.45) is 3.65. The predicted octanol–water partition coefficient (Wildman–Crippen LogP) is 2.76. The summed E-state index contributed by atoms with van der Waals surface area (Å²) in [6, 6.07) is 16.0. The highest BCUT2D eigenvalue weighted by Crippen LogP contribution is 2.21. The Hall–Kier alpha value is -3.81. The van der Waals surface area contributed by atoms with Gasteiger partial charge in [0, 0.05) is 18.2 Å². The normalized spacial score (nSPS) is 12.7. The number of hydrogen-bond donors (Lipinski definition) is 4. The molecule has 8 heteroatoms. The van der Waals surface area contributed by atoms with Crippen molar-refractivity contribution in [1.82, 2.24) is 5.32 Å². The fourth-order valence-electron chi connectivity index (χ4n) is 2.79. The zero-order valence-electron chi connectivity index (χ0n) is 17.3. The molecule has 0 aliphatic carbocycles. The molecule has 164 valence electrons. The molecule has 0 aliphatic heterocycles. The Kier molecular flexibility index (Phi) is 8.63. The largest absolute Gasteiger partial charge is 0.494 e. The lowest BCUT2D eigenvalue weighted by Gasteiger charge is -2.32. The molecule has 0 saturated heterocycles. The zero-order valence-corrected chi connectivity index (χ0v) is 17.3. The lowest BCUT2D eigenvalue weighted by Crippen LogP contribution is -2.62. The van der Waals surface area contributed by atoms with Crippen molar-refractivity contribution >= 4 is 29.5 Å². The Labute approximate surface area is 181 Å². The summed E-state index contributed by atoms with van der Waals surface area (Å²) in [5.74, 6) is -1.49. The Morgan fingerprint density at radius 3 is 2.35 bits per heavy atom. The average molecular weight is 425 g/mol. The molecular formula is C23H27N3O5. The number of ether oxygens (including phenoxy) is 1. The van der Waals surface area contributed by atoms with Crippen LogP contribution in [-0.2, 0) is 14.4 Å². The molecule has 1 unspecified atom stereocenters. The standard InChI is InChI=1S/C23H27N3O5/c1-2-23(22(24)30,26-20(27)15-10-17-7-4-3-5-8-17)25-18-11-13-19(14-12-18)31-16-6-9-21(28)29/h3-5,7-8,10-15,25H,2,6,9,16H2,1H3,(H2,24,30)(H,26,27)(H,28,29). The number of aliphatic carboxylic acids is 1. The van der Waals surface area contributed by atoms with Crippen LogP contribution in [0.25, 0.3) is 6.08 Å². The van der Waals surface area contributed by atoms with E-state index >= 15 is 0 Å². The van der Waals surface area contributed by atoms with Crippen molar-refractivity contribution in [1.29, 1.82) is 0 Å². The molecule has 31 heavy (non-hydrogen) atoms. The molecule has 0 fully saturated rings. The number of carboxylic acid groups (broad SMARTS) is 1. The van der Waals surface area contributed by atoms with E-state index in [4.69, 9.17) is 15.6 Å². The average Bonchev–Trinajstić information content (AvgIpc) is 2.76. The molecule has 2 aromatic carbocycles. The van der Waals surface area contributed by atoms with E-state index in [1.807, 2.05) is 30.3 Å². The number of benzene rings is 2. The van der Waals surface area contributed by atoms with Gasteiger partial charge in [0.15, 0.2) is 5.66 Å². The molecule has 0 aromatic heterocycles. The molecule has 1 atom stereocenters. The number of primary amides is 1. The molecule has 2 aromatic rings. The van der Waals surface area contributed by atoms with Gasteiger partial charge in [0.1, 0.15) is 5.75 Å². The van der Waals surface area contributed by atoms with Crippen LogP contribution in [-0.4, -0.2) is 35.2 Å². The number of nitrogens with one attached hydrogen (secondary N) is 2. The summed E-state index contributed by atoms with van der Waals surface area (Å²) < 4.78 is 5.49. The first-order valence-corrected chi connectivity index (χ1v) is 9.92. The third kappa shape index (κ3) is 7.50. The van der Waals surface area contributed by atoms with Gasteiger partial charge in [-0.2, -0.15) is 0 Å². The van der Waals surface area contributed by atoms with Crippen LogP contribution in [0.15, 0.2) is 60.7 Å². The van der Waals surface area contributed by atoms with E-state index in [1.165, 1.54) is 6.08 Å². The Morgan fingerprint density at radius 1 is 1.10 bits per heavy atom. The van der Waals surface area contributed by atoms with Gasteiger partial charge in [-0.25, -0.2) is 0 Å². The smallest absolute Gasteiger partial charge is 0.303 e. The second-order valence-corrected chi connectivity index (χ2v) is 6.85. The van der Waals surface area contributed by atoms with E-state index in [0.29, 0.717) is 17.9 Å². The molecular weight excluding hydrogens is 398 g/mol. The van der Waals surface area contributed by atoms with Crippen LogP contribution < -0.4 is 21.1 Å². The van der Waals surface area contributed by atoms with Crippen molar-refractivity contribution in [3.8, 4) is 5.75 Å². The first-order chi connectivity index (χ1) is 14.8. The van der Waals surface area contributed by atoms with E-state index in [2.05, 4.69) is 10.6 Å². The summed E-state index contributed by atoms with van der Waals surface area (Å²) >= 11 is 0. The maximum atomic E-state index is 12.4. The highest BCUT2D eigenvalue weighted by molar-refractivity contribution is 5.98. The molecule has 2 amide bonds. The number of anilines is 1. The van der Waals surface area contributed by atoms with E-state index in [-0.39, 0.29) is 19.4 Å². The first-order valence-electron chi connectivity index (χ1n) is 9.92.